The van der Waals surface area contributed by atoms with Gasteiger partial charge < -0.3 is 20.4 Å². The summed E-state index contributed by atoms with van der Waals surface area (Å²) < 4.78 is 0. The normalized spacial score (nSPS) is 10.6. The van der Waals surface area contributed by atoms with Gasteiger partial charge in [0.05, 0.1) is 22.3 Å². The Morgan fingerprint density at radius 1 is 0.417 bits per heavy atom. The number of carboxylic acid groups (broad SMARTS) is 4. The number of hydrogen-bond acceptors (Lipinski definition) is 4. The van der Waals surface area contributed by atoms with Crippen molar-refractivity contribution in [3.8, 4) is 35.5 Å². The SMILES string of the molecule is O=C(O)c1cc2c(cc1C(=O)O)C#Cc1cc(C(=O)O)c(C(=O)O)cc1C#Cc1ccccc1C#C2. The predicted octanol–water partition coefficient (Wildman–Crippen LogP) is 2.99. The van der Waals surface area contributed by atoms with Crippen LogP contribution in [0.2, 0.25) is 0 Å². The van der Waals surface area contributed by atoms with E-state index in [-0.39, 0.29) is 22.3 Å². The molecule has 0 fully saturated rings. The van der Waals surface area contributed by atoms with Crippen LogP contribution in [0, 0.1) is 35.5 Å². The van der Waals surface area contributed by atoms with Crippen LogP contribution in [0.15, 0.2) is 48.5 Å². The van der Waals surface area contributed by atoms with Crippen molar-refractivity contribution >= 4 is 23.9 Å². The first-order valence-electron chi connectivity index (χ1n) is 10.1. The van der Waals surface area contributed by atoms with Crippen LogP contribution in [0.3, 0.4) is 0 Å². The largest absolute Gasteiger partial charge is 0.478 e. The summed E-state index contributed by atoms with van der Waals surface area (Å²) in [6.45, 7) is 0. The molecular formula is C28H12O8. The van der Waals surface area contributed by atoms with Crippen LogP contribution in [0.4, 0.5) is 0 Å². The average molecular weight is 476 g/mol. The summed E-state index contributed by atoms with van der Waals surface area (Å²) in [6, 6.07) is 11.2. The highest BCUT2D eigenvalue weighted by Gasteiger charge is 2.20. The predicted molar refractivity (Wildman–Crippen MR) is 125 cm³/mol. The van der Waals surface area contributed by atoms with Crippen molar-refractivity contribution in [1.82, 2.24) is 0 Å². The highest BCUT2D eigenvalue weighted by Crippen LogP contribution is 2.21. The van der Waals surface area contributed by atoms with E-state index < -0.39 is 46.1 Å². The Morgan fingerprint density at radius 3 is 0.861 bits per heavy atom. The Kier molecular flexibility index (Phi) is 5.99. The molecule has 172 valence electrons. The first-order valence-corrected chi connectivity index (χ1v) is 10.1. The lowest BCUT2D eigenvalue weighted by atomic mass is 9.95. The van der Waals surface area contributed by atoms with Gasteiger partial charge in [-0.05, 0) is 36.4 Å². The first kappa shape index (κ1) is 23.4. The number of fused-ring (bicyclic) bond motifs is 3. The summed E-state index contributed by atoms with van der Waals surface area (Å²) in [7, 11) is 0. The zero-order chi connectivity index (χ0) is 26.0. The monoisotopic (exact) mass is 476 g/mol. The van der Waals surface area contributed by atoms with Crippen molar-refractivity contribution in [1.29, 1.82) is 0 Å². The molecule has 36 heavy (non-hydrogen) atoms. The molecule has 3 aromatic rings. The number of hydrogen-bond donors (Lipinski definition) is 4. The lowest BCUT2D eigenvalue weighted by molar-refractivity contribution is 0.0651. The van der Waals surface area contributed by atoms with E-state index in [9.17, 15) is 39.6 Å². The molecule has 0 unspecified atom stereocenters. The Morgan fingerprint density at radius 2 is 0.639 bits per heavy atom. The molecule has 0 bridgehead atoms. The van der Waals surface area contributed by atoms with Crippen molar-refractivity contribution in [3.05, 3.63) is 104 Å². The van der Waals surface area contributed by atoms with E-state index in [0.29, 0.717) is 11.1 Å². The van der Waals surface area contributed by atoms with E-state index in [1.165, 1.54) is 0 Å². The van der Waals surface area contributed by atoms with Gasteiger partial charge in [0, 0.05) is 33.4 Å². The molecule has 0 radical (unpaired) electrons. The summed E-state index contributed by atoms with van der Waals surface area (Å²) in [4.78, 5) is 46.7. The van der Waals surface area contributed by atoms with Gasteiger partial charge >= 0.3 is 23.9 Å². The van der Waals surface area contributed by atoms with Crippen molar-refractivity contribution in [2.45, 2.75) is 0 Å². The van der Waals surface area contributed by atoms with Gasteiger partial charge in [0.1, 0.15) is 0 Å². The molecule has 8 heteroatoms. The summed E-state index contributed by atoms with van der Waals surface area (Å²) in [5.41, 5.74) is -0.562. The smallest absolute Gasteiger partial charge is 0.336 e. The van der Waals surface area contributed by atoms with E-state index in [2.05, 4.69) is 35.5 Å². The number of aromatic carboxylic acids is 4. The molecular weight excluding hydrogens is 464 g/mol. The van der Waals surface area contributed by atoms with Gasteiger partial charge in [-0.25, -0.2) is 19.2 Å². The minimum atomic E-state index is -1.48. The molecule has 0 amide bonds. The molecule has 4 N–H and O–H groups in total. The summed E-state index contributed by atoms with van der Waals surface area (Å²) in [5.74, 6) is 11.0. The molecule has 8 nitrogen and oxygen atoms in total. The van der Waals surface area contributed by atoms with Gasteiger partial charge in [0.25, 0.3) is 0 Å². The van der Waals surface area contributed by atoms with Crippen LogP contribution in [0.1, 0.15) is 74.8 Å². The second-order valence-electron chi connectivity index (χ2n) is 7.40. The van der Waals surface area contributed by atoms with Gasteiger partial charge in [-0.15, -0.1) is 0 Å². The van der Waals surface area contributed by atoms with Crippen molar-refractivity contribution in [2.24, 2.45) is 0 Å². The third-order valence-electron chi connectivity index (χ3n) is 5.16. The molecule has 0 saturated carbocycles. The quantitative estimate of drug-likeness (QED) is 0.329. The summed E-state index contributed by atoms with van der Waals surface area (Å²) >= 11 is 0. The summed E-state index contributed by atoms with van der Waals surface area (Å²) in [6.07, 6.45) is 0. The Balaban J connectivity index is 2.12. The minimum absolute atomic E-state index is 0.0843. The molecule has 3 aromatic carbocycles. The fourth-order valence-corrected chi connectivity index (χ4v) is 3.43. The van der Waals surface area contributed by atoms with Gasteiger partial charge in [-0.1, -0.05) is 47.7 Å². The molecule has 4 rings (SSSR count). The minimum Gasteiger partial charge on any atom is -0.478 e. The van der Waals surface area contributed by atoms with Crippen LogP contribution >= 0.6 is 0 Å². The third-order valence-corrected chi connectivity index (χ3v) is 5.16. The second kappa shape index (κ2) is 9.23. The maximum atomic E-state index is 11.7. The van der Waals surface area contributed by atoms with Crippen LogP contribution < -0.4 is 0 Å². The molecule has 0 atom stereocenters. The fourth-order valence-electron chi connectivity index (χ4n) is 3.43. The number of carboxylic acids is 4. The number of benzene rings is 3. The van der Waals surface area contributed by atoms with E-state index >= 15 is 0 Å². The number of rotatable bonds is 4. The maximum absolute atomic E-state index is 11.7. The molecule has 0 saturated heterocycles. The Hall–Kier alpha value is -5.78. The van der Waals surface area contributed by atoms with Crippen LogP contribution in [0.25, 0.3) is 0 Å². The zero-order valence-corrected chi connectivity index (χ0v) is 18.0. The molecule has 1 aliphatic carbocycles. The maximum Gasteiger partial charge on any atom is 0.336 e. The van der Waals surface area contributed by atoms with E-state index in [1.807, 2.05) is 0 Å². The van der Waals surface area contributed by atoms with Crippen LogP contribution in [0.5, 0.6) is 0 Å². The standard InChI is InChI=1S/C28H12O8/c29-25(30)21-11-17-7-5-15-3-1-2-4-16(15)6-8-18-12-22(26(31)32)24(28(35)36)14-20(18)10-9-19(17)13-23(21)27(33)34/h1-4,11-14H,(H,29,30)(H,31,32)(H,33,34)(H,35,36). The second-order valence-corrected chi connectivity index (χ2v) is 7.40. The molecule has 1 aliphatic rings. The van der Waals surface area contributed by atoms with Crippen LogP contribution in [-0.4, -0.2) is 44.3 Å². The van der Waals surface area contributed by atoms with Crippen molar-refractivity contribution in [3.63, 3.8) is 0 Å². The summed E-state index contributed by atoms with van der Waals surface area (Å²) in [5, 5.41) is 38.0. The van der Waals surface area contributed by atoms with E-state index in [4.69, 9.17) is 0 Å². The van der Waals surface area contributed by atoms with Crippen molar-refractivity contribution < 1.29 is 39.6 Å². The van der Waals surface area contributed by atoms with Gasteiger partial charge in [-0.3, -0.25) is 0 Å². The Labute approximate surface area is 203 Å². The average Bonchev–Trinajstić information content (AvgIpc) is 2.83. The molecule has 0 spiro atoms. The molecule has 0 heterocycles. The van der Waals surface area contributed by atoms with Gasteiger partial charge in [0.2, 0.25) is 0 Å². The number of carbonyl (C=O) groups is 4. The van der Waals surface area contributed by atoms with Gasteiger partial charge in [-0.2, -0.15) is 0 Å². The van der Waals surface area contributed by atoms with Crippen molar-refractivity contribution in [2.75, 3.05) is 0 Å². The highest BCUT2D eigenvalue weighted by atomic mass is 16.4. The van der Waals surface area contributed by atoms with Crippen LogP contribution in [-0.2, 0) is 0 Å². The fraction of sp³-hybridized carbons (Fsp3) is 0. The first-order chi connectivity index (χ1) is 17.2. The zero-order valence-electron chi connectivity index (χ0n) is 18.0. The third kappa shape index (κ3) is 4.49. The Bertz CT molecular complexity index is 1590. The lowest BCUT2D eigenvalue weighted by Gasteiger charge is -2.07. The van der Waals surface area contributed by atoms with E-state index in [0.717, 1.165) is 24.3 Å². The van der Waals surface area contributed by atoms with E-state index in [1.54, 1.807) is 24.3 Å². The molecule has 0 aliphatic heterocycles. The lowest BCUT2D eigenvalue weighted by Crippen LogP contribution is -2.10. The van der Waals surface area contributed by atoms with Gasteiger partial charge in [0.15, 0.2) is 0 Å². The topological polar surface area (TPSA) is 149 Å². The highest BCUT2D eigenvalue weighted by molar-refractivity contribution is 6.03. The molecule has 0 aromatic heterocycles.